The Morgan fingerprint density at radius 2 is 1.81 bits per heavy atom. The number of nitrogen functional groups attached to an aromatic ring is 1. The highest BCUT2D eigenvalue weighted by Gasteiger charge is 2.11. The highest BCUT2D eigenvalue weighted by Crippen LogP contribution is 2.19. The van der Waals surface area contributed by atoms with Crippen molar-refractivity contribution in [3.63, 3.8) is 0 Å². The maximum absolute atomic E-state index is 11.2. The number of anilines is 4. The molecule has 2 rings (SSSR count). The zero-order valence-corrected chi connectivity index (χ0v) is 15.5. The van der Waals surface area contributed by atoms with E-state index in [2.05, 4.69) is 32.5 Å². The Labute approximate surface area is 153 Å². The van der Waals surface area contributed by atoms with Gasteiger partial charge in [-0.05, 0) is 24.6 Å². The number of aromatic nitrogens is 3. The van der Waals surface area contributed by atoms with E-state index in [1.165, 1.54) is 37.5 Å². The van der Waals surface area contributed by atoms with Crippen LogP contribution in [0.2, 0.25) is 0 Å². The lowest BCUT2D eigenvalue weighted by Gasteiger charge is -2.09. The van der Waals surface area contributed by atoms with E-state index in [0.29, 0.717) is 11.6 Å². The fourth-order valence-corrected chi connectivity index (χ4v) is 2.85. The molecular formula is C16H24N6O3S. The molecule has 0 amide bonds. The van der Waals surface area contributed by atoms with E-state index in [0.717, 1.165) is 19.4 Å². The van der Waals surface area contributed by atoms with E-state index in [9.17, 15) is 8.42 Å². The smallest absolute Gasteiger partial charge is 0.294 e. The van der Waals surface area contributed by atoms with Crippen LogP contribution in [0.1, 0.15) is 39.0 Å². The highest BCUT2D eigenvalue weighted by atomic mass is 32.2. The molecule has 1 aromatic carbocycles. The molecule has 0 radical (unpaired) electrons. The number of nitrogens with one attached hydrogen (secondary N) is 2. The largest absolute Gasteiger partial charge is 0.368 e. The minimum atomic E-state index is -4.29. The molecule has 0 atom stereocenters. The summed E-state index contributed by atoms with van der Waals surface area (Å²) in [4.78, 5) is 12.0. The van der Waals surface area contributed by atoms with E-state index >= 15 is 0 Å². The SMILES string of the molecule is CCCCCCCNc1nc(N)nc(Nc2cccc(S(=O)(=O)O)c2)n1. The van der Waals surface area contributed by atoms with Gasteiger partial charge in [-0.25, -0.2) is 0 Å². The third-order valence-corrected chi connectivity index (χ3v) is 4.45. The second-order valence-electron chi connectivity index (χ2n) is 5.81. The van der Waals surface area contributed by atoms with Crippen molar-refractivity contribution in [1.29, 1.82) is 0 Å². The Hall–Kier alpha value is -2.46. The van der Waals surface area contributed by atoms with Crippen LogP contribution in [0.25, 0.3) is 0 Å². The van der Waals surface area contributed by atoms with Crippen molar-refractivity contribution in [2.24, 2.45) is 0 Å². The van der Waals surface area contributed by atoms with Gasteiger partial charge in [-0.1, -0.05) is 38.7 Å². The summed E-state index contributed by atoms with van der Waals surface area (Å²) in [6.45, 7) is 2.90. The van der Waals surface area contributed by atoms with E-state index in [-0.39, 0.29) is 16.8 Å². The van der Waals surface area contributed by atoms with Gasteiger partial charge in [-0.15, -0.1) is 0 Å². The molecule has 1 aromatic heterocycles. The summed E-state index contributed by atoms with van der Waals surface area (Å²) in [5.74, 6) is 0.571. The molecular weight excluding hydrogens is 356 g/mol. The van der Waals surface area contributed by atoms with Crippen LogP contribution in [0.5, 0.6) is 0 Å². The highest BCUT2D eigenvalue weighted by molar-refractivity contribution is 7.85. The van der Waals surface area contributed by atoms with Crippen molar-refractivity contribution in [2.45, 2.75) is 43.9 Å². The fraction of sp³-hybridized carbons (Fsp3) is 0.438. The fourth-order valence-electron chi connectivity index (χ4n) is 2.32. The third kappa shape index (κ3) is 6.45. The zero-order chi connectivity index (χ0) is 19.0. The maximum Gasteiger partial charge on any atom is 0.294 e. The summed E-state index contributed by atoms with van der Waals surface area (Å²) in [5, 5.41) is 5.96. The molecule has 0 aliphatic rings. The van der Waals surface area contributed by atoms with Crippen LogP contribution in [-0.4, -0.2) is 34.5 Å². The zero-order valence-electron chi connectivity index (χ0n) is 14.6. The normalized spacial score (nSPS) is 11.3. The predicted octanol–water partition coefficient (Wildman–Crippen LogP) is 2.83. The first-order chi connectivity index (χ1) is 12.4. The van der Waals surface area contributed by atoms with Gasteiger partial charge in [0, 0.05) is 12.2 Å². The van der Waals surface area contributed by atoms with Crippen LogP contribution in [0, 0.1) is 0 Å². The minimum Gasteiger partial charge on any atom is -0.368 e. The van der Waals surface area contributed by atoms with E-state index < -0.39 is 10.1 Å². The van der Waals surface area contributed by atoms with Crippen LogP contribution in [0.4, 0.5) is 23.5 Å². The Morgan fingerprint density at radius 1 is 1.08 bits per heavy atom. The van der Waals surface area contributed by atoms with Gasteiger partial charge in [0.25, 0.3) is 10.1 Å². The molecule has 0 fully saturated rings. The Kier molecular flexibility index (Phi) is 7.10. The van der Waals surface area contributed by atoms with Crippen molar-refractivity contribution in [3.05, 3.63) is 24.3 Å². The summed E-state index contributed by atoms with van der Waals surface area (Å²) in [6, 6.07) is 5.67. The summed E-state index contributed by atoms with van der Waals surface area (Å²) in [7, 11) is -4.29. The third-order valence-electron chi connectivity index (χ3n) is 3.60. The first-order valence-electron chi connectivity index (χ1n) is 8.48. The van der Waals surface area contributed by atoms with E-state index in [4.69, 9.17) is 10.3 Å². The monoisotopic (exact) mass is 380 g/mol. The summed E-state index contributed by atoms with van der Waals surface area (Å²) < 4.78 is 31.5. The van der Waals surface area contributed by atoms with Gasteiger partial charge >= 0.3 is 0 Å². The van der Waals surface area contributed by atoms with Gasteiger partial charge in [0.05, 0.1) is 4.90 Å². The molecule has 9 nitrogen and oxygen atoms in total. The second kappa shape index (κ2) is 9.30. The number of hydrogen-bond acceptors (Lipinski definition) is 8. The maximum atomic E-state index is 11.2. The van der Waals surface area contributed by atoms with Crippen LogP contribution >= 0.6 is 0 Å². The molecule has 0 aliphatic carbocycles. The van der Waals surface area contributed by atoms with Gasteiger partial charge in [-0.2, -0.15) is 23.4 Å². The Morgan fingerprint density at radius 3 is 2.54 bits per heavy atom. The molecule has 2 aromatic rings. The second-order valence-corrected chi connectivity index (χ2v) is 7.23. The van der Waals surface area contributed by atoms with Crippen LogP contribution in [0.3, 0.4) is 0 Å². The number of rotatable bonds is 10. The lowest BCUT2D eigenvalue weighted by atomic mass is 10.1. The standard InChI is InChI=1S/C16H24N6O3S/c1-2-3-4-5-6-10-18-15-20-14(17)21-16(22-15)19-12-8-7-9-13(11-12)26(23,24)25/h7-9,11H,2-6,10H2,1H3,(H,23,24,25)(H4,17,18,19,20,21,22). The molecule has 5 N–H and O–H groups in total. The van der Waals surface area contributed by atoms with Crippen molar-refractivity contribution in [1.82, 2.24) is 15.0 Å². The Bertz CT molecular complexity index is 828. The molecule has 1 heterocycles. The van der Waals surface area contributed by atoms with Gasteiger partial charge in [0.2, 0.25) is 17.8 Å². The van der Waals surface area contributed by atoms with Crippen molar-refractivity contribution in [3.8, 4) is 0 Å². The van der Waals surface area contributed by atoms with Gasteiger partial charge in [0.1, 0.15) is 0 Å². The van der Waals surface area contributed by atoms with Crippen LogP contribution < -0.4 is 16.4 Å². The van der Waals surface area contributed by atoms with E-state index in [1.54, 1.807) is 6.07 Å². The molecule has 0 saturated heterocycles. The summed E-state index contributed by atoms with van der Waals surface area (Å²) in [6.07, 6.45) is 5.77. The van der Waals surface area contributed by atoms with Crippen LogP contribution in [-0.2, 0) is 10.1 Å². The van der Waals surface area contributed by atoms with E-state index in [1.807, 2.05) is 0 Å². The summed E-state index contributed by atoms with van der Waals surface area (Å²) in [5.41, 5.74) is 6.10. The topological polar surface area (TPSA) is 143 Å². The Balaban J connectivity index is 2.01. The number of hydrogen-bond donors (Lipinski definition) is 4. The number of unbranched alkanes of at least 4 members (excludes halogenated alkanes) is 4. The molecule has 0 saturated carbocycles. The molecule has 0 spiro atoms. The lowest BCUT2D eigenvalue weighted by Crippen LogP contribution is -2.10. The minimum absolute atomic E-state index is 0.0434. The summed E-state index contributed by atoms with van der Waals surface area (Å²) >= 11 is 0. The molecule has 10 heteroatoms. The first-order valence-corrected chi connectivity index (χ1v) is 9.92. The molecule has 26 heavy (non-hydrogen) atoms. The first kappa shape index (κ1) is 19.9. The van der Waals surface area contributed by atoms with Gasteiger partial charge in [-0.3, -0.25) is 4.55 Å². The van der Waals surface area contributed by atoms with Crippen molar-refractivity contribution in [2.75, 3.05) is 22.9 Å². The van der Waals surface area contributed by atoms with Crippen molar-refractivity contribution >= 4 is 33.7 Å². The van der Waals surface area contributed by atoms with Gasteiger partial charge in [0.15, 0.2) is 0 Å². The number of nitrogens with zero attached hydrogens (tertiary/aromatic N) is 3. The van der Waals surface area contributed by atoms with Crippen molar-refractivity contribution < 1.29 is 13.0 Å². The van der Waals surface area contributed by atoms with Gasteiger partial charge < -0.3 is 16.4 Å². The molecule has 142 valence electrons. The average molecular weight is 380 g/mol. The number of nitrogens with two attached hydrogens (primary N) is 1. The quantitative estimate of drug-likeness (QED) is 0.361. The lowest BCUT2D eigenvalue weighted by molar-refractivity contribution is 0.483. The molecule has 0 bridgehead atoms. The average Bonchev–Trinajstić information content (AvgIpc) is 2.57. The molecule has 0 unspecified atom stereocenters. The van der Waals surface area contributed by atoms with Crippen LogP contribution in [0.15, 0.2) is 29.2 Å². The number of benzene rings is 1. The predicted molar refractivity (Wildman–Crippen MR) is 101 cm³/mol. The molecule has 0 aliphatic heterocycles.